The van der Waals surface area contributed by atoms with Crippen LogP contribution >= 0.6 is 23.2 Å². The SMILES string of the molecule is O=C(CCCCCl)OCCCCCCCCOC(=O)CCCCCl. The van der Waals surface area contributed by atoms with E-state index in [4.69, 9.17) is 32.7 Å². The largest absolute Gasteiger partial charge is 0.466 e. The van der Waals surface area contributed by atoms with Crippen LogP contribution in [0.1, 0.15) is 77.0 Å². The molecule has 0 bridgehead atoms. The van der Waals surface area contributed by atoms with E-state index in [1.54, 1.807) is 0 Å². The number of esters is 2. The number of carbonyl (C=O) groups is 2. The predicted molar refractivity (Wildman–Crippen MR) is 98.8 cm³/mol. The fourth-order valence-electron chi connectivity index (χ4n) is 2.16. The third-order valence-corrected chi connectivity index (χ3v) is 4.13. The van der Waals surface area contributed by atoms with Gasteiger partial charge in [0.2, 0.25) is 0 Å². The summed E-state index contributed by atoms with van der Waals surface area (Å²) in [6.45, 7) is 1.03. The number of hydrogen-bond acceptors (Lipinski definition) is 4. The van der Waals surface area contributed by atoms with E-state index in [-0.39, 0.29) is 11.9 Å². The molecule has 0 aromatic rings. The summed E-state index contributed by atoms with van der Waals surface area (Å²) in [7, 11) is 0. The zero-order chi connectivity index (χ0) is 17.9. The third-order valence-electron chi connectivity index (χ3n) is 3.59. The van der Waals surface area contributed by atoms with Crippen LogP contribution in [0.2, 0.25) is 0 Å². The van der Waals surface area contributed by atoms with Crippen molar-refractivity contribution in [3.05, 3.63) is 0 Å². The second kappa shape index (κ2) is 18.9. The second-order valence-corrected chi connectivity index (χ2v) is 6.61. The first-order valence-electron chi connectivity index (χ1n) is 9.14. The normalized spacial score (nSPS) is 10.6. The van der Waals surface area contributed by atoms with Crippen LogP contribution < -0.4 is 0 Å². The Kier molecular flexibility index (Phi) is 18.5. The van der Waals surface area contributed by atoms with Gasteiger partial charge in [-0.05, 0) is 38.5 Å². The molecule has 142 valence electrons. The number of carbonyl (C=O) groups excluding carboxylic acids is 2. The van der Waals surface area contributed by atoms with Crippen molar-refractivity contribution in [3.8, 4) is 0 Å². The van der Waals surface area contributed by atoms with Crippen molar-refractivity contribution >= 4 is 35.1 Å². The standard InChI is InChI=1S/C18H32Cl2O4/c19-13-7-5-11-17(21)23-15-9-3-1-2-4-10-16-24-18(22)12-6-8-14-20/h1-16H2. The topological polar surface area (TPSA) is 52.6 Å². The van der Waals surface area contributed by atoms with E-state index in [0.717, 1.165) is 64.2 Å². The summed E-state index contributed by atoms with van der Waals surface area (Å²) in [5.74, 6) is 0.960. The molecule has 0 spiro atoms. The highest BCUT2D eigenvalue weighted by atomic mass is 35.5. The van der Waals surface area contributed by atoms with Gasteiger partial charge in [-0.15, -0.1) is 23.2 Å². The molecule has 0 N–H and O–H groups in total. The highest BCUT2D eigenvalue weighted by molar-refractivity contribution is 6.18. The summed E-state index contributed by atoms with van der Waals surface area (Å²) >= 11 is 11.1. The highest BCUT2D eigenvalue weighted by Crippen LogP contribution is 2.07. The van der Waals surface area contributed by atoms with E-state index < -0.39 is 0 Å². The van der Waals surface area contributed by atoms with Crippen molar-refractivity contribution in [1.29, 1.82) is 0 Å². The van der Waals surface area contributed by atoms with Gasteiger partial charge in [0, 0.05) is 24.6 Å². The first-order valence-corrected chi connectivity index (χ1v) is 10.2. The van der Waals surface area contributed by atoms with Crippen LogP contribution in [0.4, 0.5) is 0 Å². The fraction of sp³-hybridized carbons (Fsp3) is 0.889. The molecular formula is C18H32Cl2O4. The number of halogens is 2. The summed E-state index contributed by atoms with van der Waals surface area (Å²) in [6, 6.07) is 0. The highest BCUT2D eigenvalue weighted by Gasteiger charge is 2.03. The van der Waals surface area contributed by atoms with Gasteiger partial charge in [0.15, 0.2) is 0 Å². The zero-order valence-corrected chi connectivity index (χ0v) is 16.2. The van der Waals surface area contributed by atoms with Gasteiger partial charge in [0.05, 0.1) is 13.2 Å². The van der Waals surface area contributed by atoms with Crippen LogP contribution in [-0.4, -0.2) is 36.9 Å². The van der Waals surface area contributed by atoms with Crippen molar-refractivity contribution in [3.63, 3.8) is 0 Å². The molecule has 0 aliphatic carbocycles. The quantitative estimate of drug-likeness (QED) is 0.196. The van der Waals surface area contributed by atoms with Gasteiger partial charge < -0.3 is 9.47 Å². The van der Waals surface area contributed by atoms with E-state index in [0.29, 0.717) is 37.8 Å². The monoisotopic (exact) mass is 382 g/mol. The molecule has 0 rings (SSSR count). The number of ether oxygens (including phenoxy) is 2. The lowest BCUT2D eigenvalue weighted by molar-refractivity contribution is -0.144. The van der Waals surface area contributed by atoms with E-state index in [1.807, 2.05) is 0 Å². The lowest BCUT2D eigenvalue weighted by Gasteiger charge is -2.06. The molecule has 4 nitrogen and oxygen atoms in total. The molecule has 0 aliphatic heterocycles. The molecule has 0 saturated carbocycles. The Morgan fingerprint density at radius 2 is 0.917 bits per heavy atom. The van der Waals surface area contributed by atoms with Gasteiger partial charge in [-0.1, -0.05) is 25.7 Å². The first-order chi connectivity index (χ1) is 11.7. The van der Waals surface area contributed by atoms with Gasteiger partial charge in [0.25, 0.3) is 0 Å². The molecule has 24 heavy (non-hydrogen) atoms. The van der Waals surface area contributed by atoms with Gasteiger partial charge >= 0.3 is 11.9 Å². The van der Waals surface area contributed by atoms with Crippen LogP contribution in [0.3, 0.4) is 0 Å². The Balaban J connectivity index is 3.20. The molecule has 6 heteroatoms. The summed E-state index contributed by atoms with van der Waals surface area (Å²) < 4.78 is 10.3. The van der Waals surface area contributed by atoms with Crippen molar-refractivity contribution < 1.29 is 19.1 Å². The number of rotatable bonds is 17. The van der Waals surface area contributed by atoms with Crippen molar-refractivity contribution in [1.82, 2.24) is 0 Å². The molecule has 0 saturated heterocycles. The van der Waals surface area contributed by atoms with E-state index in [9.17, 15) is 9.59 Å². The van der Waals surface area contributed by atoms with Crippen LogP contribution in [0.25, 0.3) is 0 Å². The maximum atomic E-state index is 11.3. The Morgan fingerprint density at radius 3 is 1.29 bits per heavy atom. The lowest BCUT2D eigenvalue weighted by atomic mass is 10.1. The minimum absolute atomic E-state index is 0.118. The second-order valence-electron chi connectivity index (χ2n) is 5.85. The molecular weight excluding hydrogens is 351 g/mol. The molecule has 0 radical (unpaired) electrons. The van der Waals surface area contributed by atoms with Gasteiger partial charge in [-0.3, -0.25) is 9.59 Å². The molecule has 0 aliphatic rings. The Bertz CT molecular complexity index is 281. The first kappa shape index (κ1) is 23.5. The van der Waals surface area contributed by atoms with Gasteiger partial charge in [0.1, 0.15) is 0 Å². The van der Waals surface area contributed by atoms with E-state index in [2.05, 4.69) is 0 Å². The van der Waals surface area contributed by atoms with Crippen molar-refractivity contribution in [2.75, 3.05) is 25.0 Å². The molecule has 0 heterocycles. The van der Waals surface area contributed by atoms with E-state index >= 15 is 0 Å². The molecule has 0 aromatic heterocycles. The predicted octanol–water partition coefficient (Wildman–Crippen LogP) is 5.23. The Hall–Kier alpha value is -0.480. The van der Waals surface area contributed by atoms with Gasteiger partial charge in [-0.2, -0.15) is 0 Å². The molecule has 0 amide bonds. The molecule has 0 aromatic carbocycles. The third kappa shape index (κ3) is 17.9. The van der Waals surface area contributed by atoms with Crippen LogP contribution in [0.15, 0.2) is 0 Å². The molecule has 0 unspecified atom stereocenters. The zero-order valence-electron chi connectivity index (χ0n) is 14.7. The minimum atomic E-state index is -0.118. The maximum absolute atomic E-state index is 11.3. The summed E-state index contributed by atoms with van der Waals surface area (Å²) in [5.41, 5.74) is 0. The van der Waals surface area contributed by atoms with E-state index in [1.165, 1.54) is 0 Å². The van der Waals surface area contributed by atoms with Crippen LogP contribution in [-0.2, 0) is 19.1 Å². The minimum Gasteiger partial charge on any atom is -0.466 e. The maximum Gasteiger partial charge on any atom is 0.305 e. The van der Waals surface area contributed by atoms with Crippen molar-refractivity contribution in [2.24, 2.45) is 0 Å². The average Bonchev–Trinajstić information content (AvgIpc) is 2.57. The number of alkyl halides is 2. The van der Waals surface area contributed by atoms with Gasteiger partial charge in [-0.25, -0.2) is 0 Å². The van der Waals surface area contributed by atoms with Crippen LogP contribution in [0, 0.1) is 0 Å². The summed E-state index contributed by atoms with van der Waals surface area (Å²) in [4.78, 5) is 22.7. The lowest BCUT2D eigenvalue weighted by Crippen LogP contribution is -2.06. The average molecular weight is 383 g/mol. The summed E-state index contributed by atoms with van der Waals surface area (Å²) in [5, 5.41) is 0. The molecule has 0 atom stereocenters. The molecule has 0 fully saturated rings. The Morgan fingerprint density at radius 1 is 0.542 bits per heavy atom. The van der Waals surface area contributed by atoms with Crippen molar-refractivity contribution in [2.45, 2.75) is 77.0 Å². The Labute approximate surface area is 156 Å². The fourth-order valence-corrected chi connectivity index (χ4v) is 2.53. The number of unbranched alkanes of at least 4 members (excludes halogenated alkanes) is 7. The smallest absolute Gasteiger partial charge is 0.305 e. The number of hydrogen-bond donors (Lipinski definition) is 0. The summed E-state index contributed by atoms with van der Waals surface area (Å²) in [6.07, 6.45) is 10.5. The van der Waals surface area contributed by atoms with Crippen LogP contribution in [0.5, 0.6) is 0 Å².